The molecule has 1 rings (SSSR count). The molecule has 15 heavy (non-hydrogen) atoms. The molecule has 0 aliphatic carbocycles. The van der Waals surface area contributed by atoms with Crippen LogP contribution in [-0.2, 0) is 20.9 Å². The normalized spacial score (nSPS) is 10.4. The Balaban J connectivity index is 2.07. The summed E-state index contributed by atoms with van der Waals surface area (Å²) in [5.41, 5.74) is 1.15. The van der Waals surface area contributed by atoms with Gasteiger partial charge in [0, 0.05) is 0 Å². The third kappa shape index (κ3) is 5.65. The van der Waals surface area contributed by atoms with Crippen LogP contribution in [0.2, 0.25) is 0 Å². The quantitative estimate of drug-likeness (QED) is 0.388. The maximum Gasteiger partial charge on any atom is 0.293 e. The average molecular weight is 206 g/mol. The van der Waals surface area contributed by atoms with Gasteiger partial charge in [-0.05, 0) is 11.6 Å². The summed E-state index contributed by atoms with van der Waals surface area (Å²) in [5, 5.41) is 0. The van der Waals surface area contributed by atoms with E-state index in [9.17, 15) is 4.79 Å². The van der Waals surface area contributed by atoms with Crippen LogP contribution >= 0.6 is 0 Å². The Labute approximate surface area is 89.3 Å². The summed E-state index contributed by atoms with van der Waals surface area (Å²) in [6.07, 6.45) is 3.58. The van der Waals surface area contributed by atoms with Crippen molar-refractivity contribution in [1.29, 1.82) is 0 Å². The molecule has 0 bridgehead atoms. The number of benzene rings is 1. The molecule has 3 heteroatoms. The van der Waals surface area contributed by atoms with E-state index in [1.165, 1.54) is 0 Å². The Morgan fingerprint density at radius 1 is 1.07 bits per heavy atom. The fourth-order valence-electron chi connectivity index (χ4n) is 1.05. The highest BCUT2D eigenvalue weighted by molar-refractivity contribution is 5.37. The highest BCUT2D eigenvalue weighted by Crippen LogP contribution is 1.99. The van der Waals surface area contributed by atoms with Crippen LogP contribution in [0.4, 0.5) is 0 Å². The van der Waals surface area contributed by atoms with E-state index in [0.717, 1.165) is 5.56 Å². The van der Waals surface area contributed by atoms with Gasteiger partial charge < -0.3 is 9.47 Å². The number of hydrogen-bond donors (Lipinski definition) is 0. The minimum atomic E-state index is 0.304. The molecule has 0 unspecified atom stereocenters. The van der Waals surface area contributed by atoms with E-state index in [1.807, 2.05) is 36.4 Å². The Bertz CT molecular complexity index is 293. The van der Waals surface area contributed by atoms with Crippen molar-refractivity contribution in [2.24, 2.45) is 0 Å². The van der Waals surface area contributed by atoms with Gasteiger partial charge in [-0.25, -0.2) is 0 Å². The summed E-state index contributed by atoms with van der Waals surface area (Å²) in [7, 11) is 0. The molecule has 0 aliphatic heterocycles. The molecular weight excluding hydrogens is 192 g/mol. The molecule has 3 nitrogen and oxygen atoms in total. The molecule has 80 valence electrons. The second kappa shape index (κ2) is 7.76. The summed E-state index contributed by atoms with van der Waals surface area (Å²) in [6, 6.07) is 9.96. The average Bonchev–Trinajstić information content (AvgIpc) is 2.29. The summed E-state index contributed by atoms with van der Waals surface area (Å²) >= 11 is 0. The van der Waals surface area contributed by atoms with Gasteiger partial charge >= 0.3 is 0 Å². The maximum absolute atomic E-state index is 9.79. The number of carbonyl (C=O) groups is 1. The van der Waals surface area contributed by atoms with Gasteiger partial charge in [0.25, 0.3) is 6.47 Å². The smallest absolute Gasteiger partial charge is 0.293 e. The number of ether oxygens (including phenoxy) is 2. The second-order valence-electron chi connectivity index (χ2n) is 2.90. The van der Waals surface area contributed by atoms with Crippen molar-refractivity contribution >= 4 is 6.47 Å². The van der Waals surface area contributed by atoms with Crippen molar-refractivity contribution in [2.45, 2.75) is 6.61 Å². The lowest BCUT2D eigenvalue weighted by molar-refractivity contribution is -0.127. The van der Waals surface area contributed by atoms with Crippen molar-refractivity contribution in [1.82, 2.24) is 0 Å². The van der Waals surface area contributed by atoms with E-state index in [0.29, 0.717) is 26.3 Å². The van der Waals surface area contributed by atoms with Crippen LogP contribution < -0.4 is 0 Å². The predicted octanol–water partition coefficient (Wildman–Crippen LogP) is 1.93. The van der Waals surface area contributed by atoms with Crippen molar-refractivity contribution in [3.8, 4) is 0 Å². The predicted molar refractivity (Wildman–Crippen MR) is 57.3 cm³/mol. The largest absolute Gasteiger partial charge is 0.464 e. The van der Waals surface area contributed by atoms with Gasteiger partial charge in [0.05, 0.1) is 13.2 Å². The SMILES string of the molecule is O=COC/C=C\COCc1ccccc1. The first-order chi connectivity index (χ1) is 7.43. The highest BCUT2D eigenvalue weighted by Gasteiger charge is 1.88. The van der Waals surface area contributed by atoms with Crippen LogP contribution in [-0.4, -0.2) is 19.7 Å². The van der Waals surface area contributed by atoms with Crippen molar-refractivity contribution in [3.05, 3.63) is 48.0 Å². The minimum Gasteiger partial charge on any atom is -0.464 e. The van der Waals surface area contributed by atoms with Crippen molar-refractivity contribution in [3.63, 3.8) is 0 Å². The third-order valence-electron chi connectivity index (χ3n) is 1.75. The fourth-order valence-corrected chi connectivity index (χ4v) is 1.05. The molecule has 0 aromatic heterocycles. The molecule has 0 N–H and O–H groups in total. The maximum atomic E-state index is 9.79. The molecule has 0 atom stereocenters. The van der Waals surface area contributed by atoms with Crippen LogP contribution in [0.5, 0.6) is 0 Å². The van der Waals surface area contributed by atoms with Crippen molar-refractivity contribution in [2.75, 3.05) is 13.2 Å². The molecule has 0 saturated carbocycles. The Morgan fingerprint density at radius 3 is 2.53 bits per heavy atom. The number of carbonyl (C=O) groups excluding carboxylic acids is 1. The van der Waals surface area contributed by atoms with Crippen LogP contribution in [0, 0.1) is 0 Å². The monoisotopic (exact) mass is 206 g/mol. The van der Waals surface area contributed by atoms with Crippen LogP contribution in [0.15, 0.2) is 42.5 Å². The van der Waals surface area contributed by atoms with Crippen LogP contribution in [0.1, 0.15) is 5.56 Å². The van der Waals surface area contributed by atoms with E-state index in [2.05, 4.69) is 4.74 Å². The standard InChI is InChI=1S/C12H14O3/c13-11-15-9-5-4-8-14-10-12-6-2-1-3-7-12/h1-7,11H,8-10H2/b5-4-. The molecule has 0 saturated heterocycles. The summed E-state index contributed by atoms with van der Waals surface area (Å²) in [4.78, 5) is 9.79. The first-order valence-corrected chi connectivity index (χ1v) is 4.75. The van der Waals surface area contributed by atoms with E-state index in [1.54, 1.807) is 6.08 Å². The van der Waals surface area contributed by atoms with Gasteiger partial charge in [0.1, 0.15) is 6.61 Å². The molecule has 0 fully saturated rings. The molecule has 0 aliphatic rings. The Morgan fingerprint density at radius 2 is 1.80 bits per heavy atom. The fraction of sp³-hybridized carbons (Fsp3) is 0.250. The zero-order valence-corrected chi connectivity index (χ0v) is 8.46. The van der Waals surface area contributed by atoms with Gasteiger partial charge in [-0.2, -0.15) is 0 Å². The molecule has 0 spiro atoms. The summed E-state index contributed by atoms with van der Waals surface area (Å²) in [5.74, 6) is 0. The first-order valence-electron chi connectivity index (χ1n) is 4.75. The van der Waals surface area contributed by atoms with Gasteiger partial charge in [0.2, 0.25) is 0 Å². The minimum absolute atomic E-state index is 0.304. The summed E-state index contributed by atoms with van der Waals surface area (Å²) in [6.45, 7) is 1.85. The Kier molecular flexibility index (Phi) is 5.93. The van der Waals surface area contributed by atoms with Gasteiger partial charge in [-0.1, -0.05) is 36.4 Å². The lowest BCUT2D eigenvalue weighted by Gasteiger charge is -2.00. The zero-order valence-electron chi connectivity index (χ0n) is 8.46. The van der Waals surface area contributed by atoms with E-state index in [-0.39, 0.29) is 0 Å². The Hall–Kier alpha value is -1.61. The molecule has 1 aromatic rings. The van der Waals surface area contributed by atoms with Crippen LogP contribution in [0.3, 0.4) is 0 Å². The third-order valence-corrected chi connectivity index (χ3v) is 1.75. The topological polar surface area (TPSA) is 35.5 Å². The molecular formula is C12H14O3. The number of rotatable bonds is 7. The summed E-state index contributed by atoms with van der Waals surface area (Å²) < 4.78 is 9.84. The molecule has 0 amide bonds. The highest BCUT2D eigenvalue weighted by atomic mass is 16.5. The van der Waals surface area contributed by atoms with E-state index < -0.39 is 0 Å². The van der Waals surface area contributed by atoms with Gasteiger partial charge in [0.15, 0.2) is 0 Å². The number of hydrogen-bond acceptors (Lipinski definition) is 3. The van der Waals surface area contributed by atoms with Gasteiger partial charge in [-0.15, -0.1) is 0 Å². The van der Waals surface area contributed by atoms with E-state index >= 15 is 0 Å². The molecule has 0 radical (unpaired) electrons. The first kappa shape index (κ1) is 11.5. The lowest BCUT2D eigenvalue weighted by atomic mass is 10.2. The molecule has 0 heterocycles. The van der Waals surface area contributed by atoms with E-state index in [4.69, 9.17) is 4.74 Å². The van der Waals surface area contributed by atoms with Gasteiger partial charge in [-0.3, -0.25) is 4.79 Å². The zero-order chi connectivity index (χ0) is 10.8. The van der Waals surface area contributed by atoms with Crippen molar-refractivity contribution < 1.29 is 14.3 Å². The molecule has 1 aromatic carbocycles. The second-order valence-corrected chi connectivity index (χ2v) is 2.90. The lowest BCUT2D eigenvalue weighted by Crippen LogP contribution is -1.93. The van der Waals surface area contributed by atoms with Crippen LogP contribution in [0.25, 0.3) is 0 Å².